The second kappa shape index (κ2) is 9.12. The van der Waals surface area contributed by atoms with Crippen LogP contribution in [0.2, 0.25) is 24.7 Å². The van der Waals surface area contributed by atoms with Gasteiger partial charge >= 0.3 is 0 Å². The van der Waals surface area contributed by atoms with Crippen LogP contribution in [0.5, 0.6) is 0 Å². The average Bonchev–Trinajstić information content (AvgIpc) is 2.77. The Labute approximate surface area is 216 Å². The third kappa shape index (κ3) is 5.47. The van der Waals surface area contributed by atoms with Crippen LogP contribution in [-0.2, 0) is 5.54 Å². The molecule has 0 amide bonds. The van der Waals surface area contributed by atoms with Gasteiger partial charge in [0.05, 0.1) is 20.9 Å². The minimum absolute atomic E-state index is 0.276. The van der Waals surface area contributed by atoms with Crippen LogP contribution in [0.1, 0.15) is 31.9 Å². The number of anilines is 2. The summed E-state index contributed by atoms with van der Waals surface area (Å²) in [5, 5.41) is 4.65. The van der Waals surface area contributed by atoms with E-state index in [-0.39, 0.29) is 10.6 Å². The molecule has 0 radical (unpaired) electrons. The highest BCUT2D eigenvalue weighted by molar-refractivity contribution is 8.01. The Morgan fingerprint density at radius 3 is 2.57 bits per heavy atom. The summed E-state index contributed by atoms with van der Waals surface area (Å²) >= 11 is 7.93. The third-order valence-corrected chi connectivity index (χ3v) is 8.49. The van der Waals surface area contributed by atoms with E-state index in [0.29, 0.717) is 39.2 Å². The summed E-state index contributed by atoms with van der Waals surface area (Å²) in [7, 11) is -1.58. The van der Waals surface area contributed by atoms with Gasteiger partial charge < -0.3 is 11.1 Å². The van der Waals surface area contributed by atoms with E-state index < -0.39 is 13.6 Å². The van der Waals surface area contributed by atoms with Gasteiger partial charge in [-0.05, 0) is 45.0 Å². The van der Waals surface area contributed by atoms with E-state index in [1.54, 1.807) is 36.3 Å². The molecule has 4 rings (SSSR count). The Balaban J connectivity index is 1.75. The number of aromatic nitrogens is 2. The Bertz CT molecular complexity index is 1410. The topological polar surface area (TPSA) is 76.2 Å². The first-order valence-electron chi connectivity index (χ1n) is 11.3. The zero-order valence-corrected chi connectivity index (χ0v) is 23.3. The molecule has 5 nitrogen and oxygen atoms in total. The molecule has 1 aromatic carbocycles. The third-order valence-electron chi connectivity index (χ3n) is 5.77. The molecule has 9 heteroatoms. The summed E-state index contributed by atoms with van der Waals surface area (Å²) in [6.45, 7) is 12.5. The van der Waals surface area contributed by atoms with Crippen molar-refractivity contribution in [2.24, 2.45) is 10.7 Å². The first kappa shape index (κ1) is 25.5. The monoisotopic (exact) mass is 525 g/mol. The number of hydrogen-bond donors (Lipinski definition) is 2. The van der Waals surface area contributed by atoms with Crippen molar-refractivity contribution in [3.05, 3.63) is 58.6 Å². The molecule has 3 N–H and O–H groups in total. The van der Waals surface area contributed by atoms with Crippen LogP contribution in [0.15, 0.2) is 41.7 Å². The Kier molecular flexibility index (Phi) is 6.64. The number of fused-ring (bicyclic) bond motifs is 1. The van der Waals surface area contributed by atoms with Crippen LogP contribution >= 0.6 is 23.4 Å². The number of thioether (sulfide) groups is 1. The minimum atomic E-state index is -1.58. The van der Waals surface area contributed by atoms with Gasteiger partial charge in [-0.2, -0.15) is 0 Å². The summed E-state index contributed by atoms with van der Waals surface area (Å²) in [5.74, 6) is 4.61. The van der Waals surface area contributed by atoms with Crippen molar-refractivity contribution in [3.63, 3.8) is 0 Å². The SMILES string of the molecule is CC1(C)SC[C@@](C)(c2cc(Nc3ncc(C#C[Si](C)(C)C)c4cc(Cl)cnc34)ccc2F)N=C1N. The predicted octanol–water partition coefficient (Wildman–Crippen LogP) is 6.49. The van der Waals surface area contributed by atoms with E-state index in [1.807, 2.05) is 26.8 Å². The van der Waals surface area contributed by atoms with Crippen LogP contribution in [-0.4, -0.2) is 34.4 Å². The van der Waals surface area contributed by atoms with Crippen molar-refractivity contribution in [3.8, 4) is 11.5 Å². The highest BCUT2D eigenvalue weighted by Gasteiger charge is 2.39. The minimum Gasteiger partial charge on any atom is -0.386 e. The van der Waals surface area contributed by atoms with Crippen LogP contribution < -0.4 is 11.1 Å². The molecule has 0 unspecified atom stereocenters. The molecule has 0 bridgehead atoms. The maximum absolute atomic E-state index is 15.0. The van der Waals surface area contributed by atoms with Crippen LogP contribution in [0.25, 0.3) is 10.9 Å². The van der Waals surface area contributed by atoms with Crippen molar-refractivity contribution in [2.45, 2.75) is 50.7 Å². The molecule has 182 valence electrons. The molecule has 1 aliphatic heterocycles. The van der Waals surface area contributed by atoms with E-state index in [9.17, 15) is 4.39 Å². The number of amidine groups is 1. The lowest BCUT2D eigenvalue weighted by atomic mass is 9.92. The van der Waals surface area contributed by atoms with Gasteiger partial charge in [0, 0.05) is 34.8 Å². The number of rotatable bonds is 3. The summed E-state index contributed by atoms with van der Waals surface area (Å²) in [5.41, 5.74) is 11.4. The van der Waals surface area contributed by atoms with Gasteiger partial charge in [0.2, 0.25) is 0 Å². The normalized spacial score (nSPS) is 19.6. The summed E-state index contributed by atoms with van der Waals surface area (Å²) in [6, 6.07) is 6.74. The largest absolute Gasteiger partial charge is 0.386 e. The fourth-order valence-corrected chi connectivity index (χ4v) is 5.38. The zero-order valence-electron chi connectivity index (χ0n) is 20.8. The van der Waals surface area contributed by atoms with E-state index >= 15 is 0 Å². The van der Waals surface area contributed by atoms with Gasteiger partial charge in [-0.15, -0.1) is 17.3 Å². The van der Waals surface area contributed by atoms with Crippen LogP contribution in [0, 0.1) is 17.3 Å². The molecule has 0 saturated carbocycles. The van der Waals surface area contributed by atoms with E-state index in [0.717, 1.165) is 10.9 Å². The molecule has 0 aliphatic carbocycles. The predicted molar refractivity (Wildman–Crippen MR) is 150 cm³/mol. The zero-order chi connectivity index (χ0) is 25.6. The number of halogens is 2. The molecule has 0 fully saturated rings. The molecule has 3 heterocycles. The number of nitrogens with zero attached hydrogens (tertiary/aromatic N) is 3. The van der Waals surface area contributed by atoms with Crippen LogP contribution in [0.3, 0.4) is 0 Å². The van der Waals surface area contributed by atoms with Crippen molar-refractivity contribution < 1.29 is 4.39 Å². The molecule has 1 atom stereocenters. The average molecular weight is 526 g/mol. The molecular formula is C26H29ClFN5SSi. The van der Waals surface area contributed by atoms with Gasteiger partial charge in [0.25, 0.3) is 0 Å². The fourth-order valence-electron chi connectivity index (χ4n) is 3.66. The number of hydrogen-bond acceptors (Lipinski definition) is 6. The number of pyridine rings is 2. The van der Waals surface area contributed by atoms with Crippen molar-refractivity contribution >= 4 is 59.7 Å². The second-order valence-electron chi connectivity index (χ2n) is 10.5. The van der Waals surface area contributed by atoms with Gasteiger partial charge in [0.15, 0.2) is 5.82 Å². The Hall–Kier alpha value is -2.60. The standard InChI is InChI=1S/C26H29ClFN5SSi/c1-25(2)24(29)33-26(3,15-34-25)20-12-18(7-8-21(20)28)32-23-22-19(11-17(27)14-30-22)16(13-31-23)9-10-35(4,5)6/h7-8,11-14H,15H2,1-6H3,(H2,29,33)(H,31,32)/t26-/m0/s1. The number of nitrogens with two attached hydrogens (primary N) is 1. The molecular weight excluding hydrogens is 497 g/mol. The Morgan fingerprint density at radius 1 is 1.14 bits per heavy atom. The smallest absolute Gasteiger partial charge is 0.157 e. The quantitative estimate of drug-likeness (QED) is 0.302. The first-order chi connectivity index (χ1) is 16.3. The molecule has 2 aromatic heterocycles. The van der Waals surface area contributed by atoms with E-state index in [1.165, 1.54) is 6.07 Å². The number of nitrogens with one attached hydrogen (secondary N) is 1. The molecule has 3 aromatic rings. The molecule has 0 spiro atoms. The maximum Gasteiger partial charge on any atom is 0.157 e. The summed E-state index contributed by atoms with van der Waals surface area (Å²) in [4.78, 5) is 13.8. The number of aliphatic imine (C=N–C) groups is 1. The molecule has 35 heavy (non-hydrogen) atoms. The highest BCUT2D eigenvalue weighted by Crippen LogP contribution is 2.42. The summed E-state index contributed by atoms with van der Waals surface area (Å²) < 4.78 is 14.7. The van der Waals surface area contributed by atoms with E-state index in [2.05, 4.69) is 46.4 Å². The van der Waals surface area contributed by atoms with Crippen molar-refractivity contribution in [2.75, 3.05) is 11.1 Å². The maximum atomic E-state index is 15.0. The lowest BCUT2D eigenvalue weighted by molar-refractivity contribution is 0.503. The number of benzene rings is 1. The Morgan fingerprint density at radius 2 is 1.89 bits per heavy atom. The van der Waals surface area contributed by atoms with Gasteiger partial charge in [-0.3, -0.25) is 9.98 Å². The van der Waals surface area contributed by atoms with E-state index in [4.69, 9.17) is 22.3 Å². The van der Waals surface area contributed by atoms with Gasteiger partial charge in [0.1, 0.15) is 25.2 Å². The first-order valence-corrected chi connectivity index (χ1v) is 16.2. The van der Waals surface area contributed by atoms with Crippen LogP contribution in [0.4, 0.5) is 15.9 Å². The summed E-state index contributed by atoms with van der Waals surface area (Å²) in [6.07, 6.45) is 3.31. The van der Waals surface area contributed by atoms with Gasteiger partial charge in [-0.1, -0.05) is 37.2 Å². The highest BCUT2D eigenvalue weighted by atomic mass is 35.5. The second-order valence-corrected chi connectivity index (χ2v) is 17.2. The molecule has 0 saturated heterocycles. The fraction of sp³-hybridized carbons (Fsp3) is 0.346. The molecule has 1 aliphatic rings. The van der Waals surface area contributed by atoms with Gasteiger partial charge in [-0.25, -0.2) is 9.37 Å². The lowest BCUT2D eigenvalue weighted by Crippen LogP contribution is -2.44. The van der Waals surface area contributed by atoms with Crippen molar-refractivity contribution in [1.82, 2.24) is 9.97 Å². The lowest BCUT2D eigenvalue weighted by Gasteiger charge is -2.38. The van der Waals surface area contributed by atoms with Crippen molar-refractivity contribution in [1.29, 1.82) is 0 Å².